The van der Waals surface area contributed by atoms with Gasteiger partial charge < -0.3 is 4.57 Å². The fourth-order valence-corrected chi connectivity index (χ4v) is 7.33. The predicted molar refractivity (Wildman–Crippen MR) is 125 cm³/mol. The number of likely N-dealkylation sites (tertiary alicyclic amines) is 1. The number of benzene rings is 1. The van der Waals surface area contributed by atoms with E-state index in [0.717, 1.165) is 55.8 Å². The van der Waals surface area contributed by atoms with Crippen LogP contribution in [0.5, 0.6) is 0 Å². The van der Waals surface area contributed by atoms with Gasteiger partial charge in [-0.2, -0.15) is 15.6 Å². The van der Waals surface area contributed by atoms with Gasteiger partial charge >= 0.3 is 0 Å². The number of imidazole rings is 1. The van der Waals surface area contributed by atoms with E-state index in [4.69, 9.17) is 4.98 Å². The number of aromatic nitrogens is 2. The quantitative estimate of drug-likeness (QED) is 0.540. The first-order chi connectivity index (χ1) is 15.1. The summed E-state index contributed by atoms with van der Waals surface area (Å²) in [5.74, 6) is 1.02. The number of nitrogens with zero attached hydrogens (tertiary/aromatic N) is 4. The van der Waals surface area contributed by atoms with Crippen molar-refractivity contribution in [2.75, 3.05) is 19.6 Å². The molecule has 0 spiro atoms. The summed E-state index contributed by atoms with van der Waals surface area (Å²) in [4.78, 5) is 7.80. The van der Waals surface area contributed by atoms with Crippen LogP contribution in [0.4, 0.5) is 0 Å². The molecule has 5 rings (SSSR count). The lowest BCUT2D eigenvalue weighted by Crippen LogP contribution is -2.35. The molecule has 166 valence electrons. The number of rotatable bonds is 6. The number of hydrogen-bond acceptors (Lipinski definition) is 5. The third-order valence-electron chi connectivity index (χ3n) is 6.70. The molecule has 0 aliphatic carbocycles. The molecule has 2 fully saturated rings. The Balaban J connectivity index is 1.46. The highest BCUT2D eigenvalue weighted by Crippen LogP contribution is 2.34. The maximum absolute atomic E-state index is 13.1. The average Bonchev–Trinajstić information content (AvgIpc) is 3.53. The zero-order chi connectivity index (χ0) is 21.4. The lowest BCUT2D eigenvalue weighted by Gasteiger charge is -2.25. The van der Waals surface area contributed by atoms with Gasteiger partial charge in [0.05, 0.1) is 22.5 Å². The van der Waals surface area contributed by atoms with Crippen LogP contribution in [0.15, 0.2) is 39.9 Å². The minimum absolute atomic E-state index is 0.367. The van der Waals surface area contributed by atoms with E-state index in [9.17, 15) is 8.42 Å². The number of thiophene rings is 1. The van der Waals surface area contributed by atoms with Crippen LogP contribution >= 0.6 is 11.3 Å². The minimum atomic E-state index is -3.45. The highest BCUT2D eigenvalue weighted by molar-refractivity contribution is 7.89. The molecule has 4 heterocycles. The molecule has 2 aliphatic rings. The van der Waals surface area contributed by atoms with Crippen molar-refractivity contribution in [3.63, 3.8) is 0 Å². The van der Waals surface area contributed by atoms with E-state index in [1.54, 1.807) is 27.8 Å². The predicted octanol–water partition coefficient (Wildman–Crippen LogP) is 4.63. The molecule has 1 aromatic carbocycles. The first-order valence-corrected chi connectivity index (χ1v) is 13.7. The van der Waals surface area contributed by atoms with Crippen LogP contribution in [0.3, 0.4) is 0 Å². The van der Waals surface area contributed by atoms with Crippen molar-refractivity contribution in [2.24, 2.45) is 0 Å². The van der Waals surface area contributed by atoms with Gasteiger partial charge in [0, 0.05) is 25.7 Å². The fourth-order valence-electron chi connectivity index (χ4n) is 5.09. The Morgan fingerprint density at radius 3 is 2.68 bits per heavy atom. The number of hydrogen-bond donors (Lipinski definition) is 0. The van der Waals surface area contributed by atoms with Gasteiger partial charge in [0.2, 0.25) is 10.0 Å². The van der Waals surface area contributed by atoms with Crippen LogP contribution in [0.2, 0.25) is 0 Å². The summed E-state index contributed by atoms with van der Waals surface area (Å²) in [5, 5.41) is 4.40. The Kier molecular flexibility index (Phi) is 5.90. The largest absolute Gasteiger partial charge is 0.327 e. The highest BCUT2D eigenvalue weighted by atomic mass is 32.2. The van der Waals surface area contributed by atoms with Crippen molar-refractivity contribution >= 4 is 32.4 Å². The van der Waals surface area contributed by atoms with Crippen molar-refractivity contribution in [3.05, 3.63) is 46.4 Å². The molecule has 0 saturated carbocycles. The van der Waals surface area contributed by atoms with E-state index < -0.39 is 10.0 Å². The van der Waals surface area contributed by atoms with Crippen molar-refractivity contribution < 1.29 is 8.42 Å². The SMILES string of the molecule is CCn1c(CN2CCCC2c2ccsc2)nc2cc(S(=O)(=O)N3CCCCC3)ccc21. The normalized spacial score (nSPS) is 21.3. The number of sulfonamides is 1. The Morgan fingerprint density at radius 1 is 1.10 bits per heavy atom. The Hall–Kier alpha value is -1.74. The molecule has 0 radical (unpaired) electrons. The van der Waals surface area contributed by atoms with Gasteiger partial charge in [-0.25, -0.2) is 13.4 Å². The first-order valence-electron chi connectivity index (χ1n) is 11.3. The number of piperidine rings is 1. The van der Waals surface area contributed by atoms with Crippen molar-refractivity contribution in [2.45, 2.75) is 63.1 Å². The second-order valence-corrected chi connectivity index (χ2v) is 11.3. The van der Waals surface area contributed by atoms with Gasteiger partial charge in [-0.1, -0.05) is 6.42 Å². The van der Waals surface area contributed by atoms with Crippen molar-refractivity contribution in [1.29, 1.82) is 0 Å². The second kappa shape index (κ2) is 8.65. The van der Waals surface area contributed by atoms with Crippen LogP contribution in [-0.4, -0.2) is 46.8 Å². The van der Waals surface area contributed by atoms with Gasteiger partial charge in [-0.05, 0) is 79.7 Å². The van der Waals surface area contributed by atoms with Gasteiger partial charge in [0.1, 0.15) is 5.82 Å². The molecule has 0 amide bonds. The Morgan fingerprint density at radius 2 is 1.94 bits per heavy atom. The molecule has 0 bridgehead atoms. The van der Waals surface area contributed by atoms with Crippen LogP contribution in [0.1, 0.15) is 56.5 Å². The summed E-state index contributed by atoms with van der Waals surface area (Å²) >= 11 is 1.75. The average molecular weight is 459 g/mol. The molecular formula is C23H30N4O2S2. The standard InChI is InChI=1S/C23H30N4O2S2/c1-2-27-22-9-8-19(31(28,29)26-12-4-3-5-13-26)15-20(22)24-23(27)16-25-11-6-7-21(25)18-10-14-30-17-18/h8-10,14-15,17,21H,2-7,11-13,16H2,1H3. The highest BCUT2D eigenvalue weighted by Gasteiger charge is 2.29. The molecule has 2 aromatic heterocycles. The Labute approximate surface area is 188 Å². The van der Waals surface area contributed by atoms with Crippen LogP contribution in [-0.2, 0) is 23.1 Å². The van der Waals surface area contributed by atoms with Crippen molar-refractivity contribution in [1.82, 2.24) is 18.8 Å². The van der Waals surface area contributed by atoms with E-state index >= 15 is 0 Å². The summed E-state index contributed by atoms with van der Waals surface area (Å²) < 4.78 is 30.1. The summed E-state index contributed by atoms with van der Waals surface area (Å²) in [6.45, 7) is 6.05. The first kappa shape index (κ1) is 21.1. The summed E-state index contributed by atoms with van der Waals surface area (Å²) in [6, 6.07) is 8.15. The molecule has 1 unspecified atom stereocenters. The maximum Gasteiger partial charge on any atom is 0.243 e. The minimum Gasteiger partial charge on any atom is -0.327 e. The van der Waals surface area contributed by atoms with Crippen LogP contribution < -0.4 is 0 Å². The van der Waals surface area contributed by atoms with Gasteiger partial charge in [0.25, 0.3) is 0 Å². The Bertz CT molecular complexity index is 1150. The molecule has 3 aromatic rings. The molecule has 6 nitrogen and oxygen atoms in total. The van der Waals surface area contributed by atoms with Gasteiger partial charge in [-0.15, -0.1) is 0 Å². The zero-order valence-electron chi connectivity index (χ0n) is 18.0. The van der Waals surface area contributed by atoms with Crippen LogP contribution in [0.25, 0.3) is 11.0 Å². The summed E-state index contributed by atoms with van der Waals surface area (Å²) in [7, 11) is -3.45. The molecule has 1 atom stereocenters. The third-order valence-corrected chi connectivity index (χ3v) is 9.30. The molecule has 2 saturated heterocycles. The van der Waals surface area contributed by atoms with E-state index in [0.29, 0.717) is 24.0 Å². The second-order valence-electron chi connectivity index (χ2n) is 8.57. The van der Waals surface area contributed by atoms with E-state index in [-0.39, 0.29) is 0 Å². The third kappa shape index (κ3) is 3.95. The molecule has 0 N–H and O–H groups in total. The van der Waals surface area contributed by atoms with Crippen molar-refractivity contribution in [3.8, 4) is 0 Å². The van der Waals surface area contributed by atoms with Crippen LogP contribution in [0, 0.1) is 0 Å². The lowest BCUT2D eigenvalue weighted by molar-refractivity contribution is 0.240. The fraction of sp³-hybridized carbons (Fsp3) is 0.522. The lowest BCUT2D eigenvalue weighted by atomic mass is 10.1. The topological polar surface area (TPSA) is 58.4 Å². The molecule has 2 aliphatic heterocycles. The van der Waals surface area contributed by atoms with E-state index in [1.807, 2.05) is 6.07 Å². The molecular weight excluding hydrogens is 428 g/mol. The monoisotopic (exact) mass is 458 g/mol. The summed E-state index contributed by atoms with van der Waals surface area (Å²) in [6.07, 6.45) is 5.37. The van der Waals surface area contributed by atoms with Gasteiger partial charge in [0.15, 0.2) is 0 Å². The molecule has 31 heavy (non-hydrogen) atoms. The van der Waals surface area contributed by atoms with E-state index in [1.165, 1.54) is 18.4 Å². The smallest absolute Gasteiger partial charge is 0.243 e. The van der Waals surface area contributed by atoms with E-state index in [2.05, 4.69) is 33.2 Å². The number of fused-ring (bicyclic) bond motifs is 1. The molecule has 8 heteroatoms. The maximum atomic E-state index is 13.1. The number of aryl methyl sites for hydroxylation is 1. The van der Waals surface area contributed by atoms with Gasteiger partial charge in [-0.3, -0.25) is 4.90 Å². The summed E-state index contributed by atoms with van der Waals surface area (Å²) in [5.41, 5.74) is 3.19. The zero-order valence-corrected chi connectivity index (χ0v) is 19.7.